The van der Waals surface area contributed by atoms with Crippen LogP contribution in [0.4, 0.5) is 10.5 Å². The van der Waals surface area contributed by atoms with E-state index >= 15 is 0 Å². The molecule has 0 bridgehead atoms. The highest BCUT2D eigenvalue weighted by atomic mass is 16.5. The number of anilines is 1. The van der Waals surface area contributed by atoms with Crippen LogP contribution in [0.15, 0.2) is 18.2 Å². The number of hydrogen-bond acceptors (Lipinski definition) is 3. The van der Waals surface area contributed by atoms with Gasteiger partial charge in [-0.25, -0.2) is 9.59 Å². The summed E-state index contributed by atoms with van der Waals surface area (Å²) in [5.41, 5.74) is 1.88. The summed E-state index contributed by atoms with van der Waals surface area (Å²) in [6.45, 7) is 5.60. The minimum atomic E-state index is -0.428. The maximum Gasteiger partial charge on any atom is 0.337 e. The van der Waals surface area contributed by atoms with E-state index in [0.717, 1.165) is 5.56 Å². The Morgan fingerprint density at radius 2 is 1.94 bits per heavy atom. The number of carbonyl (C=O) groups is 2. The summed E-state index contributed by atoms with van der Waals surface area (Å²) in [4.78, 5) is 23.0. The summed E-state index contributed by atoms with van der Waals surface area (Å²) >= 11 is 0. The topological polar surface area (TPSA) is 67.4 Å². The second-order valence-corrected chi connectivity index (χ2v) is 4.27. The molecule has 0 saturated carbocycles. The lowest BCUT2D eigenvalue weighted by Crippen LogP contribution is -2.34. The zero-order valence-corrected chi connectivity index (χ0v) is 11.0. The van der Waals surface area contributed by atoms with E-state index in [1.807, 2.05) is 20.8 Å². The van der Waals surface area contributed by atoms with Crippen LogP contribution in [0, 0.1) is 6.92 Å². The van der Waals surface area contributed by atoms with Crippen LogP contribution < -0.4 is 10.6 Å². The summed E-state index contributed by atoms with van der Waals surface area (Å²) in [6.07, 6.45) is 0. The summed E-state index contributed by atoms with van der Waals surface area (Å²) in [5, 5.41) is 5.42. The summed E-state index contributed by atoms with van der Waals surface area (Å²) in [6, 6.07) is 4.77. The second-order valence-electron chi connectivity index (χ2n) is 4.27. The number of rotatable bonds is 3. The van der Waals surface area contributed by atoms with Crippen molar-refractivity contribution < 1.29 is 14.3 Å². The van der Waals surface area contributed by atoms with Gasteiger partial charge < -0.3 is 15.4 Å². The number of nitrogens with one attached hydrogen (secondary N) is 2. The fourth-order valence-corrected chi connectivity index (χ4v) is 1.42. The molecule has 2 N–H and O–H groups in total. The van der Waals surface area contributed by atoms with Gasteiger partial charge in [0.25, 0.3) is 0 Å². The Hall–Kier alpha value is -2.04. The SMILES string of the molecule is COC(=O)c1ccc(C)c(NC(=O)NC(C)C)c1. The highest BCUT2D eigenvalue weighted by Gasteiger charge is 2.10. The van der Waals surface area contributed by atoms with Crippen LogP contribution in [0.1, 0.15) is 29.8 Å². The van der Waals surface area contributed by atoms with Gasteiger partial charge in [0.1, 0.15) is 0 Å². The number of aryl methyl sites for hydroxylation is 1. The number of carbonyl (C=O) groups excluding carboxylic acids is 2. The molecule has 0 radical (unpaired) electrons. The first kappa shape index (κ1) is 14.0. The molecule has 0 aliphatic heterocycles. The van der Waals surface area contributed by atoms with Crippen LogP contribution in [0.2, 0.25) is 0 Å². The molecule has 0 spiro atoms. The van der Waals surface area contributed by atoms with Gasteiger partial charge in [-0.15, -0.1) is 0 Å². The van der Waals surface area contributed by atoms with Gasteiger partial charge in [-0.1, -0.05) is 6.07 Å². The first-order valence-corrected chi connectivity index (χ1v) is 5.70. The van der Waals surface area contributed by atoms with E-state index in [1.54, 1.807) is 18.2 Å². The van der Waals surface area contributed by atoms with Crippen molar-refractivity contribution in [2.45, 2.75) is 26.8 Å². The monoisotopic (exact) mass is 250 g/mol. The molecule has 18 heavy (non-hydrogen) atoms. The quantitative estimate of drug-likeness (QED) is 0.809. The molecule has 1 aromatic carbocycles. The Kier molecular flexibility index (Phi) is 4.71. The summed E-state index contributed by atoms with van der Waals surface area (Å²) in [7, 11) is 1.32. The van der Waals surface area contributed by atoms with Gasteiger partial charge >= 0.3 is 12.0 Å². The lowest BCUT2D eigenvalue weighted by atomic mass is 10.1. The van der Waals surface area contributed by atoms with Gasteiger partial charge in [0.05, 0.1) is 12.7 Å². The summed E-state index contributed by atoms with van der Waals surface area (Å²) in [5.74, 6) is -0.428. The molecule has 1 aromatic rings. The van der Waals surface area contributed by atoms with Crippen LogP contribution >= 0.6 is 0 Å². The molecule has 0 aromatic heterocycles. The van der Waals surface area contributed by atoms with Crippen molar-refractivity contribution in [2.75, 3.05) is 12.4 Å². The van der Waals surface area contributed by atoms with Crippen LogP contribution in [-0.4, -0.2) is 25.2 Å². The molecule has 0 heterocycles. The number of urea groups is 1. The van der Waals surface area contributed by atoms with Crippen molar-refractivity contribution >= 4 is 17.7 Å². The fourth-order valence-electron chi connectivity index (χ4n) is 1.42. The zero-order chi connectivity index (χ0) is 13.7. The smallest absolute Gasteiger partial charge is 0.337 e. The first-order chi connectivity index (χ1) is 8.43. The zero-order valence-electron chi connectivity index (χ0n) is 11.0. The van der Waals surface area contributed by atoms with Crippen LogP contribution in [0.25, 0.3) is 0 Å². The molecular formula is C13H18N2O3. The first-order valence-electron chi connectivity index (χ1n) is 5.70. The Morgan fingerprint density at radius 3 is 2.50 bits per heavy atom. The molecule has 5 heteroatoms. The molecule has 0 saturated heterocycles. The minimum absolute atomic E-state index is 0.0501. The molecule has 2 amide bonds. The average Bonchev–Trinajstić information content (AvgIpc) is 2.30. The molecular weight excluding hydrogens is 232 g/mol. The number of methoxy groups -OCH3 is 1. The Balaban J connectivity index is 2.87. The third-order valence-corrected chi connectivity index (χ3v) is 2.33. The van der Waals surface area contributed by atoms with E-state index in [4.69, 9.17) is 0 Å². The van der Waals surface area contributed by atoms with Gasteiger partial charge in [-0.05, 0) is 38.5 Å². The largest absolute Gasteiger partial charge is 0.465 e. The molecule has 0 aliphatic carbocycles. The van der Waals surface area contributed by atoms with E-state index < -0.39 is 5.97 Å². The van der Waals surface area contributed by atoms with E-state index in [9.17, 15) is 9.59 Å². The molecule has 1 rings (SSSR count). The van der Waals surface area contributed by atoms with Crippen molar-refractivity contribution in [2.24, 2.45) is 0 Å². The molecule has 0 atom stereocenters. The van der Waals surface area contributed by atoms with E-state index in [2.05, 4.69) is 15.4 Å². The lowest BCUT2D eigenvalue weighted by Gasteiger charge is -2.12. The Labute approximate surface area is 107 Å². The molecule has 0 aliphatic rings. The number of amides is 2. The van der Waals surface area contributed by atoms with E-state index in [1.165, 1.54) is 7.11 Å². The van der Waals surface area contributed by atoms with Crippen LogP contribution in [0.3, 0.4) is 0 Å². The normalized spacial score (nSPS) is 10.1. The molecule has 0 unspecified atom stereocenters. The van der Waals surface area contributed by atoms with Crippen molar-refractivity contribution in [3.63, 3.8) is 0 Å². The summed E-state index contributed by atoms with van der Waals surface area (Å²) < 4.78 is 4.63. The van der Waals surface area contributed by atoms with Gasteiger partial charge in [-0.2, -0.15) is 0 Å². The van der Waals surface area contributed by atoms with Crippen molar-refractivity contribution in [1.29, 1.82) is 0 Å². The Morgan fingerprint density at radius 1 is 1.28 bits per heavy atom. The van der Waals surface area contributed by atoms with Gasteiger partial charge in [-0.3, -0.25) is 0 Å². The second kappa shape index (κ2) is 6.05. The number of esters is 1. The van der Waals surface area contributed by atoms with E-state index in [0.29, 0.717) is 11.3 Å². The van der Waals surface area contributed by atoms with Crippen molar-refractivity contribution in [3.8, 4) is 0 Å². The van der Waals surface area contributed by atoms with Gasteiger partial charge in [0.15, 0.2) is 0 Å². The molecule has 0 fully saturated rings. The highest BCUT2D eigenvalue weighted by molar-refractivity contribution is 5.94. The van der Waals surface area contributed by atoms with Crippen molar-refractivity contribution in [3.05, 3.63) is 29.3 Å². The lowest BCUT2D eigenvalue weighted by molar-refractivity contribution is 0.0600. The number of benzene rings is 1. The average molecular weight is 250 g/mol. The highest BCUT2D eigenvalue weighted by Crippen LogP contribution is 2.17. The fraction of sp³-hybridized carbons (Fsp3) is 0.385. The van der Waals surface area contributed by atoms with E-state index in [-0.39, 0.29) is 12.1 Å². The van der Waals surface area contributed by atoms with Crippen LogP contribution in [0.5, 0.6) is 0 Å². The molecule has 98 valence electrons. The van der Waals surface area contributed by atoms with Gasteiger partial charge in [0.2, 0.25) is 0 Å². The standard InChI is InChI=1S/C13H18N2O3/c1-8(2)14-13(17)15-11-7-10(12(16)18-4)6-5-9(11)3/h5-8H,1-4H3,(H2,14,15,17). The maximum absolute atomic E-state index is 11.6. The number of hydrogen-bond donors (Lipinski definition) is 2. The van der Waals surface area contributed by atoms with Gasteiger partial charge in [0, 0.05) is 11.7 Å². The third kappa shape index (κ3) is 3.76. The maximum atomic E-state index is 11.6. The minimum Gasteiger partial charge on any atom is -0.465 e. The third-order valence-electron chi connectivity index (χ3n) is 2.33. The van der Waals surface area contributed by atoms with Crippen molar-refractivity contribution in [1.82, 2.24) is 5.32 Å². The predicted molar refractivity (Wildman–Crippen MR) is 69.8 cm³/mol. The molecule has 5 nitrogen and oxygen atoms in total. The predicted octanol–water partition coefficient (Wildman–Crippen LogP) is 2.31. The Bertz CT molecular complexity index is 456. The van der Waals surface area contributed by atoms with Crippen LogP contribution in [-0.2, 0) is 4.74 Å². The number of ether oxygens (including phenoxy) is 1.